The zero-order valence-corrected chi connectivity index (χ0v) is 17.4. The number of ether oxygens (including phenoxy) is 1. The van der Waals surface area contributed by atoms with Crippen LogP contribution in [0.15, 0.2) is 12.2 Å². The van der Waals surface area contributed by atoms with Crippen molar-refractivity contribution in [1.29, 1.82) is 0 Å². The number of thioether (sulfide) groups is 1. The Balaban J connectivity index is 2.89. The molecule has 1 heterocycles. The molecule has 0 aromatic rings. The first-order valence-corrected chi connectivity index (χ1v) is 12.1. The summed E-state index contributed by atoms with van der Waals surface area (Å²) in [4.78, 5) is 36.7. The Kier molecular flexibility index (Phi) is 11.9. The fourth-order valence-corrected chi connectivity index (χ4v) is 4.76. The predicted octanol–water partition coefficient (Wildman–Crippen LogP) is 0.974. The highest BCUT2D eigenvalue weighted by atomic mass is 33.1. The van der Waals surface area contributed by atoms with Gasteiger partial charge in [-0.3, -0.25) is 9.59 Å². The third-order valence-electron chi connectivity index (χ3n) is 3.50. The van der Waals surface area contributed by atoms with Crippen LogP contribution >= 0.6 is 33.3 Å². The van der Waals surface area contributed by atoms with Crippen molar-refractivity contribution in [3.8, 4) is 0 Å². The molecule has 0 aromatic heterocycles. The predicted molar refractivity (Wildman–Crippen MR) is 108 cm³/mol. The summed E-state index contributed by atoms with van der Waals surface area (Å²) in [6.45, 7) is 0. The molecule has 0 spiro atoms. The summed E-state index contributed by atoms with van der Waals surface area (Å²) in [7, 11) is 4.32. The third kappa shape index (κ3) is 9.20. The van der Waals surface area contributed by atoms with Crippen LogP contribution in [-0.2, 0) is 19.1 Å². The van der Waals surface area contributed by atoms with Crippen molar-refractivity contribution in [1.82, 2.24) is 10.6 Å². The smallest absolute Gasteiger partial charge is 0.329 e. The Morgan fingerprint density at radius 2 is 2.15 bits per heavy atom. The van der Waals surface area contributed by atoms with Gasteiger partial charge in [-0.1, -0.05) is 33.7 Å². The van der Waals surface area contributed by atoms with E-state index in [1.165, 1.54) is 17.9 Å². The molecule has 10 heteroatoms. The molecule has 3 N–H and O–H groups in total. The summed E-state index contributed by atoms with van der Waals surface area (Å²) < 4.78 is 4.77. The van der Waals surface area contributed by atoms with Gasteiger partial charge < -0.3 is 20.5 Å². The average molecular weight is 423 g/mol. The van der Waals surface area contributed by atoms with E-state index in [0.29, 0.717) is 17.9 Å². The maximum atomic E-state index is 12.6. The van der Waals surface area contributed by atoms with Gasteiger partial charge in [-0.2, -0.15) is 11.8 Å². The minimum absolute atomic E-state index is 0.109. The van der Waals surface area contributed by atoms with Gasteiger partial charge in [0.15, 0.2) is 0 Å². The van der Waals surface area contributed by atoms with Crippen molar-refractivity contribution in [3.05, 3.63) is 12.2 Å². The number of methoxy groups -OCH3 is 1. The van der Waals surface area contributed by atoms with E-state index in [2.05, 4.69) is 10.6 Å². The Bertz CT molecular complexity index is 504. The molecule has 1 rings (SSSR count). The third-order valence-corrected chi connectivity index (χ3v) is 6.59. The lowest BCUT2D eigenvalue weighted by atomic mass is 10.1. The lowest BCUT2D eigenvalue weighted by Crippen LogP contribution is -2.53. The number of allylic oxidation sites excluding steroid dienone is 1. The number of nitrogens with one attached hydrogen (secondary N) is 2. The molecule has 0 aliphatic carbocycles. The van der Waals surface area contributed by atoms with Crippen LogP contribution in [0.25, 0.3) is 0 Å². The summed E-state index contributed by atoms with van der Waals surface area (Å²) >= 11 is 1.56. The first kappa shape index (κ1) is 23.2. The summed E-state index contributed by atoms with van der Waals surface area (Å²) in [5.41, 5.74) is 0. The first-order chi connectivity index (χ1) is 12.5. The summed E-state index contributed by atoms with van der Waals surface area (Å²) in [6.07, 6.45) is 5.51. The van der Waals surface area contributed by atoms with E-state index in [4.69, 9.17) is 4.74 Å². The first-order valence-electron chi connectivity index (χ1n) is 8.23. The fourth-order valence-electron chi connectivity index (χ4n) is 2.14. The van der Waals surface area contributed by atoms with Crippen LogP contribution in [0.2, 0.25) is 0 Å². The number of esters is 1. The van der Waals surface area contributed by atoms with Crippen LogP contribution in [-0.4, -0.2) is 71.7 Å². The minimum Gasteiger partial charge on any atom is -0.467 e. The standard InChI is InChI=1S/C16H26N2O5S3/c1-23-16(22)13-10-26-25-7-4-3-5-11(19)9-14(20)17-12(6-8-24-2)15(21)18-13/h3,5,11-13,19H,4,6-10H2,1-2H3,(H,17,20)(H,18,21)/t11?,12-,13-/m1/s1. The summed E-state index contributed by atoms with van der Waals surface area (Å²) in [6, 6.07) is -1.54. The molecular weight excluding hydrogens is 396 g/mol. The SMILES string of the molecule is COC(=O)[C@H]1CSSCCC=CC(O)CC(=O)N[C@H](CCSC)C(=O)N1. The highest BCUT2D eigenvalue weighted by Crippen LogP contribution is 2.23. The highest BCUT2D eigenvalue weighted by Gasteiger charge is 2.27. The number of amides is 2. The lowest BCUT2D eigenvalue weighted by Gasteiger charge is -2.22. The van der Waals surface area contributed by atoms with Gasteiger partial charge in [0.25, 0.3) is 0 Å². The molecule has 1 aliphatic rings. The van der Waals surface area contributed by atoms with Crippen LogP contribution in [0.5, 0.6) is 0 Å². The number of rotatable bonds is 4. The van der Waals surface area contributed by atoms with Crippen molar-refractivity contribution >= 4 is 51.1 Å². The monoisotopic (exact) mass is 422 g/mol. The van der Waals surface area contributed by atoms with Crippen LogP contribution in [0.3, 0.4) is 0 Å². The van der Waals surface area contributed by atoms with Crippen molar-refractivity contribution in [2.75, 3.05) is 30.6 Å². The Labute approximate surface area is 166 Å². The van der Waals surface area contributed by atoms with Gasteiger partial charge in [0.05, 0.1) is 19.6 Å². The van der Waals surface area contributed by atoms with Gasteiger partial charge in [0, 0.05) is 11.5 Å². The molecule has 0 bridgehead atoms. The van der Waals surface area contributed by atoms with E-state index in [9.17, 15) is 19.5 Å². The minimum atomic E-state index is -0.884. The van der Waals surface area contributed by atoms with Crippen LogP contribution < -0.4 is 10.6 Å². The zero-order valence-electron chi connectivity index (χ0n) is 14.9. The van der Waals surface area contributed by atoms with E-state index in [-0.39, 0.29) is 6.42 Å². The van der Waals surface area contributed by atoms with E-state index < -0.39 is 36.0 Å². The molecule has 0 saturated carbocycles. The van der Waals surface area contributed by atoms with Gasteiger partial charge in [0.1, 0.15) is 12.1 Å². The molecule has 1 aliphatic heterocycles. The molecule has 7 nitrogen and oxygen atoms in total. The topological polar surface area (TPSA) is 105 Å². The molecule has 0 saturated heterocycles. The Hall–Kier alpha value is -0.840. The maximum absolute atomic E-state index is 12.6. The second-order valence-corrected chi connectivity index (χ2v) is 9.19. The quantitative estimate of drug-likeness (QED) is 0.350. The van der Waals surface area contributed by atoms with Crippen LogP contribution in [0.4, 0.5) is 0 Å². The van der Waals surface area contributed by atoms with E-state index in [0.717, 1.165) is 12.2 Å². The van der Waals surface area contributed by atoms with Crippen LogP contribution in [0, 0.1) is 0 Å². The molecule has 3 atom stereocenters. The number of hydrogen-bond acceptors (Lipinski definition) is 8. The number of hydrogen-bond donors (Lipinski definition) is 3. The highest BCUT2D eigenvalue weighted by molar-refractivity contribution is 8.76. The number of carbonyl (C=O) groups excluding carboxylic acids is 3. The van der Waals surface area contributed by atoms with Gasteiger partial charge >= 0.3 is 5.97 Å². The number of aliphatic hydroxyl groups excluding tert-OH is 1. The second-order valence-electron chi connectivity index (χ2n) is 5.58. The largest absolute Gasteiger partial charge is 0.467 e. The Morgan fingerprint density at radius 3 is 2.85 bits per heavy atom. The van der Waals surface area contributed by atoms with Crippen molar-refractivity contribution in [2.24, 2.45) is 0 Å². The van der Waals surface area contributed by atoms with E-state index in [1.807, 2.05) is 12.3 Å². The van der Waals surface area contributed by atoms with Crippen LogP contribution in [0.1, 0.15) is 19.3 Å². The van der Waals surface area contributed by atoms with Crippen molar-refractivity contribution < 1.29 is 24.2 Å². The van der Waals surface area contributed by atoms with Crippen molar-refractivity contribution in [3.63, 3.8) is 0 Å². The summed E-state index contributed by atoms with van der Waals surface area (Å²) in [5, 5.41) is 15.2. The average Bonchev–Trinajstić information content (AvgIpc) is 2.61. The molecule has 1 unspecified atom stereocenters. The lowest BCUT2D eigenvalue weighted by molar-refractivity contribution is -0.144. The normalized spacial score (nSPS) is 26.2. The van der Waals surface area contributed by atoms with E-state index >= 15 is 0 Å². The van der Waals surface area contributed by atoms with Gasteiger partial charge in [0.2, 0.25) is 11.8 Å². The van der Waals surface area contributed by atoms with Gasteiger partial charge in [-0.05, 0) is 24.9 Å². The van der Waals surface area contributed by atoms with Gasteiger partial charge in [-0.15, -0.1) is 0 Å². The molecule has 0 radical (unpaired) electrons. The van der Waals surface area contributed by atoms with Crippen molar-refractivity contribution in [2.45, 2.75) is 37.5 Å². The molecule has 148 valence electrons. The summed E-state index contributed by atoms with van der Waals surface area (Å²) in [5.74, 6) is 0.497. The molecule has 0 fully saturated rings. The molecular formula is C16H26N2O5S3. The zero-order chi connectivity index (χ0) is 19.4. The maximum Gasteiger partial charge on any atom is 0.329 e. The molecule has 2 amide bonds. The van der Waals surface area contributed by atoms with Gasteiger partial charge in [-0.25, -0.2) is 4.79 Å². The molecule has 0 aromatic carbocycles. The molecule has 26 heavy (non-hydrogen) atoms. The Morgan fingerprint density at radius 1 is 1.38 bits per heavy atom. The number of aliphatic hydroxyl groups is 1. The van der Waals surface area contributed by atoms with E-state index in [1.54, 1.807) is 28.6 Å². The second kappa shape index (κ2) is 13.3. The fraction of sp³-hybridized carbons (Fsp3) is 0.688. The number of carbonyl (C=O) groups is 3.